The van der Waals surface area contributed by atoms with E-state index in [1.54, 1.807) is 0 Å². The van der Waals surface area contributed by atoms with E-state index in [1.165, 1.54) is 25.9 Å². The van der Waals surface area contributed by atoms with E-state index in [0.717, 1.165) is 13.0 Å². The van der Waals surface area contributed by atoms with Gasteiger partial charge in [-0.25, -0.2) is 0 Å². The number of nitrogens with one attached hydrogen (secondary N) is 1. The summed E-state index contributed by atoms with van der Waals surface area (Å²) in [6.45, 7) is 10.3. The maximum atomic E-state index is 9.69. The van der Waals surface area contributed by atoms with Gasteiger partial charge in [0.1, 0.15) is 0 Å². The summed E-state index contributed by atoms with van der Waals surface area (Å²) in [6, 6.07) is 1.02. The summed E-state index contributed by atoms with van der Waals surface area (Å²) in [5, 5.41) is 13.4. The lowest BCUT2D eigenvalue weighted by atomic mass is 9.64. The van der Waals surface area contributed by atoms with Crippen molar-refractivity contribution in [1.29, 1.82) is 0 Å². The highest BCUT2D eigenvalue weighted by molar-refractivity contribution is 5.02. The first-order valence-electron chi connectivity index (χ1n) is 6.66. The van der Waals surface area contributed by atoms with Crippen LogP contribution in [0.3, 0.4) is 0 Å². The zero-order chi connectivity index (χ0) is 11.8. The van der Waals surface area contributed by atoms with Gasteiger partial charge in [0.05, 0.1) is 6.10 Å². The average molecular weight is 226 g/mol. The molecular weight excluding hydrogens is 200 g/mol. The number of hydrogen-bond acceptors (Lipinski definition) is 3. The van der Waals surface area contributed by atoms with E-state index in [1.807, 2.05) is 0 Å². The maximum absolute atomic E-state index is 9.69. The lowest BCUT2D eigenvalue weighted by Gasteiger charge is -2.50. The van der Waals surface area contributed by atoms with Gasteiger partial charge in [0, 0.05) is 24.0 Å². The SMILES string of the molecule is CC(CN1CCCC1)NC1CC(O)C1(C)C. The van der Waals surface area contributed by atoms with Gasteiger partial charge in [-0.1, -0.05) is 13.8 Å². The molecule has 0 spiro atoms. The minimum Gasteiger partial charge on any atom is -0.392 e. The topological polar surface area (TPSA) is 35.5 Å². The standard InChI is InChI=1S/C13H26N2O/c1-10(9-15-6-4-5-7-15)14-11-8-12(16)13(11,2)3/h10-12,14,16H,4-9H2,1-3H3. The smallest absolute Gasteiger partial charge is 0.0621 e. The largest absolute Gasteiger partial charge is 0.392 e. The number of likely N-dealkylation sites (tertiary alicyclic amines) is 1. The van der Waals surface area contributed by atoms with Crippen LogP contribution >= 0.6 is 0 Å². The Morgan fingerprint density at radius 3 is 2.50 bits per heavy atom. The van der Waals surface area contributed by atoms with E-state index >= 15 is 0 Å². The van der Waals surface area contributed by atoms with Crippen molar-refractivity contribution in [1.82, 2.24) is 10.2 Å². The first kappa shape index (κ1) is 12.3. The van der Waals surface area contributed by atoms with E-state index < -0.39 is 0 Å². The Morgan fingerprint density at radius 1 is 1.38 bits per heavy atom. The Hall–Kier alpha value is -0.120. The molecule has 2 fully saturated rings. The zero-order valence-electron chi connectivity index (χ0n) is 10.9. The minimum absolute atomic E-state index is 0.0548. The lowest BCUT2D eigenvalue weighted by molar-refractivity contribution is -0.0759. The van der Waals surface area contributed by atoms with Crippen LogP contribution in [-0.2, 0) is 0 Å². The molecule has 16 heavy (non-hydrogen) atoms. The van der Waals surface area contributed by atoms with Gasteiger partial charge >= 0.3 is 0 Å². The van der Waals surface area contributed by atoms with Crippen molar-refractivity contribution in [3.05, 3.63) is 0 Å². The van der Waals surface area contributed by atoms with Crippen molar-refractivity contribution in [3.63, 3.8) is 0 Å². The third-order valence-electron chi connectivity index (χ3n) is 4.43. The molecule has 3 nitrogen and oxygen atoms in total. The van der Waals surface area contributed by atoms with E-state index in [4.69, 9.17) is 0 Å². The third-order valence-corrected chi connectivity index (χ3v) is 4.43. The number of nitrogens with zero attached hydrogens (tertiary/aromatic N) is 1. The summed E-state index contributed by atoms with van der Waals surface area (Å²) < 4.78 is 0. The molecule has 1 aliphatic heterocycles. The summed E-state index contributed by atoms with van der Waals surface area (Å²) in [7, 11) is 0. The monoisotopic (exact) mass is 226 g/mol. The lowest BCUT2D eigenvalue weighted by Crippen LogP contribution is -2.62. The Bertz CT molecular complexity index is 236. The van der Waals surface area contributed by atoms with Crippen LogP contribution in [0.4, 0.5) is 0 Å². The highest BCUT2D eigenvalue weighted by Gasteiger charge is 2.47. The molecule has 0 amide bonds. The van der Waals surface area contributed by atoms with Crippen LogP contribution in [0.5, 0.6) is 0 Å². The fourth-order valence-corrected chi connectivity index (χ4v) is 2.93. The molecule has 94 valence electrons. The molecule has 0 aromatic rings. The van der Waals surface area contributed by atoms with Crippen molar-refractivity contribution in [2.24, 2.45) is 5.41 Å². The Morgan fingerprint density at radius 2 is 2.00 bits per heavy atom. The van der Waals surface area contributed by atoms with Gasteiger partial charge in [-0.3, -0.25) is 0 Å². The van der Waals surface area contributed by atoms with Crippen LogP contribution in [-0.4, -0.2) is 47.8 Å². The van der Waals surface area contributed by atoms with Crippen LogP contribution < -0.4 is 5.32 Å². The van der Waals surface area contributed by atoms with Gasteiger partial charge in [-0.05, 0) is 39.3 Å². The molecule has 0 radical (unpaired) electrons. The van der Waals surface area contributed by atoms with Crippen LogP contribution in [0, 0.1) is 5.41 Å². The molecule has 3 atom stereocenters. The fraction of sp³-hybridized carbons (Fsp3) is 1.00. The van der Waals surface area contributed by atoms with Crippen LogP contribution in [0.15, 0.2) is 0 Å². The molecule has 1 saturated carbocycles. The van der Waals surface area contributed by atoms with Crippen LogP contribution in [0.25, 0.3) is 0 Å². The fourth-order valence-electron chi connectivity index (χ4n) is 2.93. The number of hydrogen-bond donors (Lipinski definition) is 2. The average Bonchev–Trinajstić information content (AvgIpc) is 2.70. The molecular formula is C13H26N2O. The zero-order valence-corrected chi connectivity index (χ0v) is 10.9. The Kier molecular flexibility index (Phi) is 3.57. The van der Waals surface area contributed by atoms with E-state index in [2.05, 4.69) is 31.0 Å². The summed E-state index contributed by atoms with van der Waals surface area (Å²) in [5.74, 6) is 0. The molecule has 1 aliphatic carbocycles. The number of aliphatic hydroxyl groups excluding tert-OH is 1. The van der Waals surface area contributed by atoms with Gasteiger partial charge in [-0.15, -0.1) is 0 Å². The van der Waals surface area contributed by atoms with Gasteiger partial charge in [-0.2, -0.15) is 0 Å². The molecule has 0 aromatic heterocycles. The number of rotatable bonds is 4. The summed E-state index contributed by atoms with van der Waals surface area (Å²) >= 11 is 0. The Labute approximate surface area is 99.2 Å². The second-order valence-electron chi connectivity index (χ2n) is 6.20. The molecule has 1 saturated heterocycles. The van der Waals surface area contributed by atoms with Crippen LogP contribution in [0.1, 0.15) is 40.0 Å². The molecule has 3 heteroatoms. The van der Waals surface area contributed by atoms with E-state index in [-0.39, 0.29) is 11.5 Å². The summed E-state index contributed by atoms with van der Waals surface area (Å²) in [4.78, 5) is 2.54. The summed E-state index contributed by atoms with van der Waals surface area (Å²) in [5.41, 5.74) is 0.0548. The first-order chi connectivity index (χ1) is 7.50. The molecule has 2 rings (SSSR count). The number of aliphatic hydroxyl groups is 1. The molecule has 0 aromatic carbocycles. The summed E-state index contributed by atoms with van der Waals surface area (Å²) in [6.07, 6.45) is 3.52. The van der Waals surface area contributed by atoms with Crippen molar-refractivity contribution < 1.29 is 5.11 Å². The maximum Gasteiger partial charge on any atom is 0.0621 e. The highest BCUT2D eigenvalue weighted by Crippen LogP contribution is 2.40. The highest BCUT2D eigenvalue weighted by atomic mass is 16.3. The second kappa shape index (κ2) is 4.63. The van der Waals surface area contributed by atoms with Crippen molar-refractivity contribution in [2.75, 3.05) is 19.6 Å². The van der Waals surface area contributed by atoms with Crippen LogP contribution in [0.2, 0.25) is 0 Å². The molecule has 0 bridgehead atoms. The van der Waals surface area contributed by atoms with Gasteiger partial charge in [0.2, 0.25) is 0 Å². The molecule has 2 aliphatic rings. The predicted octanol–water partition coefficient (Wildman–Crippen LogP) is 1.22. The normalized spacial score (nSPS) is 36.0. The van der Waals surface area contributed by atoms with Crippen molar-refractivity contribution >= 4 is 0 Å². The van der Waals surface area contributed by atoms with Crippen molar-refractivity contribution in [3.8, 4) is 0 Å². The minimum atomic E-state index is -0.121. The molecule has 3 unspecified atom stereocenters. The third kappa shape index (κ3) is 2.41. The van der Waals surface area contributed by atoms with Gasteiger partial charge in [0.25, 0.3) is 0 Å². The van der Waals surface area contributed by atoms with Gasteiger partial charge < -0.3 is 15.3 Å². The quantitative estimate of drug-likeness (QED) is 0.756. The Balaban J connectivity index is 1.73. The van der Waals surface area contributed by atoms with Crippen molar-refractivity contribution in [2.45, 2.75) is 58.2 Å². The molecule has 1 heterocycles. The predicted molar refractivity (Wildman–Crippen MR) is 66.5 cm³/mol. The van der Waals surface area contributed by atoms with Gasteiger partial charge in [0.15, 0.2) is 0 Å². The first-order valence-corrected chi connectivity index (χ1v) is 6.66. The van der Waals surface area contributed by atoms with E-state index in [9.17, 15) is 5.11 Å². The molecule has 2 N–H and O–H groups in total. The van der Waals surface area contributed by atoms with E-state index in [0.29, 0.717) is 12.1 Å². The second-order valence-corrected chi connectivity index (χ2v) is 6.20.